The molecule has 2 N–H and O–H groups in total. The van der Waals surface area contributed by atoms with Gasteiger partial charge >= 0.3 is 0 Å². The summed E-state index contributed by atoms with van der Waals surface area (Å²) in [6, 6.07) is 8.11. The summed E-state index contributed by atoms with van der Waals surface area (Å²) in [4.78, 5) is 4.78. The molecule has 0 amide bonds. The number of benzene rings is 1. The quantitative estimate of drug-likeness (QED) is 0.171. The first-order valence-corrected chi connectivity index (χ1v) is 11.0. The first-order chi connectivity index (χ1) is 14.2. The first-order valence-electron chi connectivity index (χ1n) is 11.0. The number of halogens is 1. The van der Waals surface area contributed by atoms with E-state index in [0.717, 1.165) is 50.0 Å². The molecule has 0 radical (unpaired) electrons. The van der Waals surface area contributed by atoms with E-state index in [2.05, 4.69) is 36.6 Å². The van der Waals surface area contributed by atoms with Gasteiger partial charge < -0.3 is 24.8 Å². The Morgan fingerprint density at radius 1 is 1.03 bits per heavy atom. The van der Waals surface area contributed by atoms with Gasteiger partial charge in [-0.25, -0.2) is 4.99 Å². The van der Waals surface area contributed by atoms with E-state index >= 15 is 0 Å². The van der Waals surface area contributed by atoms with Crippen molar-refractivity contribution in [2.24, 2.45) is 10.4 Å². The molecule has 7 heteroatoms. The third-order valence-corrected chi connectivity index (χ3v) is 5.52. The molecule has 1 saturated carbocycles. The minimum Gasteiger partial charge on any atom is -0.491 e. The molecule has 172 valence electrons. The third-order valence-electron chi connectivity index (χ3n) is 5.52. The third kappa shape index (κ3) is 9.83. The molecule has 1 aliphatic rings. The average molecular weight is 533 g/mol. The van der Waals surface area contributed by atoms with Gasteiger partial charge in [0.1, 0.15) is 12.4 Å². The van der Waals surface area contributed by atoms with Crippen molar-refractivity contribution < 1.29 is 14.2 Å². The van der Waals surface area contributed by atoms with E-state index in [1.54, 1.807) is 7.11 Å². The monoisotopic (exact) mass is 533 g/mol. The SMILES string of the molecule is CCNC(=NCc1ccc(OCCOC)cc1)NCC1(CCOCC)CCCC1.I. The molecule has 30 heavy (non-hydrogen) atoms. The van der Waals surface area contributed by atoms with Crippen LogP contribution in [0.25, 0.3) is 0 Å². The molecular formula is C23H40IN3O3. The van der Waals surface area contributed by atoms with Crippen molar-refractivity contribution in [1.82, 2.24) is 10.6 Å². The highest BCUT2D eigenvalue weighted by Crippen LogP contribution is 2.40. The van der Waals surface area contributed by atoms with Crippen molar-refractivity contribution in [2.75, 3.05) is 46.6 Å². The molecule has 0 aliphatic heterocycles. The number of ether oxygens (including phenoxy) is 3. The maximum Gasteiger partial charge on any atom is 0.191 e. The van der Waals surface area contributed by atoms with Crippen molar-refractivity contribution in [2.45, 2.75) is 52.5 Å². The van der Waals surface area contributed by atoms with Crippen LogP contribution >= 0.6 is 24.0 Å². The fourth-order valence-electron chi connectivity index (χ4n) is 3.79. The van der Waals surface area contributed by atoms with Crippen molar-refractivity contribution in [3.63, 3.8) is 0 Å². The zero-order chi connectivity index (χ0) is 20.8. The van der Waals surface area contributed by atoms with Gasteiger partial charge in [0.05, 0.1) is 13.2 Å². The molecule has 1 fully saturated rings. The Morgan fingerprint density at radius 2 is 1.77 bits per heavy atom. The lowest BCUT2D eigenvalue weighted by Gasteiger charge is -2.30. The number of aliphatic imine (C=N–C) groups is 1. The number of methoxy groups -OCH3 is 1. The summed E-state index contributed by atoms with van der Waals surface area (Å²) in [6.07, 6.45) is 6.31. The predicted octanol–water partition coefficient (Wildman–Crippen LogP) is 4.37. The molecule has 0 unspecified atom stereocenters. The van der Waals surface area contributed by atoms with Crippen LogP contribution in [0.2, 0.25) is 0 Å². The number of hydrogen-bond acceptors (Lipinski definition) is 4. The molecule has 1 aromatic rings. The zero-order valence-electron chi connectivity index (χ0n) is 18.9. The van der Waals surface area contributed by atoms with Crippen LogP contribution in [0.5, 0.6) is 5.75 Å². The zero-order valence-corrected chi connectivity index (χ0v) is 21.2. The number of rotatable bonds is 13. The van der Waals surface area contributed by atoms with Crippen LogP contribution in [0.15, 0.2) is 29.3 Å². The van der Waals surface area contributed by atoms with Crippen LogP contribution in [0.3, 0.4) is 0 Å². The number of guanidine groups is 1. The standard InChI is InChI=1S/C23H39N3O3.HI/c1-4-24-22(26-19-23(12-6-7-13-23)14-15-28-5-2)25-18-20-8-10-21(11-9-20)29-17-16-27-3;/h8-11H,4-7,12-19H2,1-3H3,(H2,24,25,26);1H. The minimum atomic E-state index is 0. The van der Waals surface area contributed by atoms with Gasteiger partial charge in [-0.05, 0) is 56.2 Å². The number of nitrogens with one attached hydrogen (secondary N) is 2. The second-order valence-electron chi connectivity index (χ2n) is 7.69. The van der Waals surface area contributed by atoms with Crippen LogP contribution in [-0.2, 0) is 16.0 Å². The van der Waals surface area contributed by atoms with Gasteiger partial charge in [0.25, 0.3) is 0 Å². The Labute approximate surface area is 199 Å². The largest absolute Gasteiger partial charge is 0.491 e. The van der Waals surface area contributed by atoms with Gasteiger partial charge in [0, 0.05) is 33.4 Å². The van der Waals surface area contributed by atoms with Gasteiger partial charge in [-0.15, -0.1) is 24.0 Å². The van der Waals surface area contributed by atoms with Crippen LogP contribution in [-0.4, -0.2) is 52.6 Å². The highest BCUT2D eigenvalue weighted by atomic mass is 127. The van der Waals surface area contributed by atoms with Crippen molar-refractivity contribution in [3.8, 4) is 5.75 Å². The normalized spacial score (nSPS) is 15.5. The molecule has 0 saturated heterocycles. The summed E-state index contributed by atoms with van der Waals surface area (Å²) < 4.78 is 16.3. The fraction of sp³-hybridized carbons (Fsp3) is 0.696. The Balaban J connectivity index is 0.00000450. The van der Waals surface area contributed by atoms with E-state index in [9.17, 15) is 0 Å². The van der Waals surface area contributed by atoms with Gasteiger partial charge in [-0.1, -0.05) is 25.0 Å². The lowest BCUT2D eigenvalue weighted by molar-refractivity contribution is 0.105. The van der Waals surface area contributed by atoms with E-state index in [0.29, 0.717) is 25.2 Å². The van der Waals surface area contributed by atoms with E-state index in [4.69, 9.17) is 19.2 Å². The summed E-state index contributed by atoms with van der Waals surface area (Å²) in [6.45, 7) is 9.41. The summed E-state index contributed by atoms with van der Waals surface area (Å²) in [5.41, 5.74) is 1.50. The fourth-order valence-corrected chi connectivity index (χ4v) is 3.79. The van der Waals surface area contributed by atoms with Crippen LogP contribution < -0.4 is 15.4 Å². The smallest absolute Gasteiger partial charge is 0.191 e. The van der Waals surface area contributed by atoms with Crippen molar-refractivity contribution >= 4 is 29.9 Å². The van der Waals surface area contributed by atoms with Crippen LogP contribution in [0.4, 0.5) is 0 Å². The molecule has 0 atom stereocenters. The van der Waals surface area contributed by atoms with Gasteiger partial charge in [0.2, 0.25) is 0 Å². The first kappa shape index (κ1) is 27.0. The minimum absolute atomic E-state index is 0. The molecular weight excluding hydrogens is 493 g/mol. The molecule has 1 aromatic carbocycles. The Hall–Kier alpha value is -1.06. The maximum atomic E-state index is 5.63. The Bertz CT molecular complexity index is 590. The maximum absolute atomic E-state index is 5.63. The lowest BCUT2D eigenvalue weighted by Crippen LogP contribution is -2.43. The van der Waals surface area contributed by atoms with Crippen molar-refractivity contribution in [3.05, 3.63) is 29.8 Å². The van der Waals surface area contributed by atoms with Gasteiger partial charge in [-0.2, -0.15) is 0 Å². The highest BCUT2D eigenvalue weighted by Gasteiger charge is 2.33. The Kier molecular flexibility index (Phi) is 14.1. The molecule has 0 heterocycles. The molecule has 2 rings (SSSR count). The summed E-state index contributed by atoms with van der Waals surface area (Å²) in [7, 11) is 1.67. The topological polar surface area (TPSA) is 64.1 Å². The van der Waals surface area contributed by atoms with E-state index < -0.39 is 0 Å². The Morgan fingerprint density at radius 3 is 2.40 bits per heavy atom. The molecule has 0 bridgehead atoms. The lowest BCUT2D eigenvalue weighted by atomic mass is 9.83. The predicted molar refractivity (Wildman–Crippen MR) is 134 cm³/mol. The van der Waals surface area contributed by atoms with Gasteiger partial charge in [-0.3, -0.25) is 0 Å². The molecule has 1 aliphatic carbocycles. The second-order valence-corrected chi connectivity index (χ2v) is 7.69. The average Bonchev–Trinajstić information content (AvgIpc) is 3.20. The van der Waals surface area contributed by atoms with E-state index in [1.165, 1.54) is 25.7 Å². The van der Waals surface area contributed by atoms with Crippen molar-refractivity contribution in [1.29, 1.82) is 0 Å². The molecule has 6 nitrogen and oxygen atoms in total. The molecule has 0 aromatic heterocycles. The highest BCUT2D eigenvalue weighted by molar-refractivity contribution is 14.0. The number of nitrogens with zero attached hydrogens (tertiary/aromatic N) is 1. The van der Waals surface area contributed by atoms with Gasteiger partial charge in [0.15, 0.2) is 5.96 Å². The molecule has 0 spiro atoms. The second kappa shape index (κ2) is 15.7. The van der Waals surface area contributed by atoms with Crippen LogP contribution in [0, 0.1) is 5.41 Å². The summed E-state index contributed by atoms with van der Waals surface area (Å²) in [5, 5.41) is 6.97. The number of hydrogen-bond donors (Lipinski definition) is 2. The summed E-state index contributed by atoms with van der Waals surface area (Å²) >= 11 is 0. The summed E-state index contributed by atoms with van der Waals surface area (Å²) in [5.74, 6) is 1.74. The van der Waals surface area contributed by atoms with E-state index in [-0.39, 0.29) is 24.0 Å². The van der Waals surface area contributed by atoms with Crippen LogP contribution in [0.1, 0.15) is 51.5 Å². The van der Waals surface area contributed by atoms with E-state index in [1.807, 2.05) is 12.1 Å².